The number of β-lactam (4-membered cyclic amide) rings is 1. The normalized spacial score (nSPS) is 28.3. The van der Waals surface area contributed by atoms with Gasteiger partial charge in [0.25, 0.3) is 0 Å². The fraction of sp³-hybridized carbons (Fsp3) is 0.737. The number of carboxylic acid groups (broad SMARTS) is 1. The van der Waals surface area contributed by atoms with Gasteiger partial charge >= 0.3 is 12.1 Å². The van der Waals surface area contributed by atoms with Crippen molar-refractivity contribution >= 4 is 49.8 Å². The molecule has 3 heterocycles. The predicted molar refractivity (Wildman–Crippen MR) is 119 cm³/mol. The van der Waals surface area contributed by atoms with Gasteiger partial charge in [0.05, 0.1) is 21.5 Å². The standard InChI is InChI=1S/C19H30N2O6S2Si/c1-10(27-30(6,7)19(2,3)4)12-14(22)21-13(16(23)24)17(29-15(12)21)28-11-8-20(5)18(25)26-9-11/h10-12,15H,8-9H2,1-7H3,(H,23,24)/t10-,11?,12+,15-/m1/s1. The summed E-state index contributed by atoms with van der Waals surface area (Å²) in [7, 11) is -0.412. The second kappa shape index (κ2) is 8.07. The maximum atomic E-state index is 12.9. The molecular weight excluding hydrogens is 444 g/mol. The van der Waals surface area contributed by atoms with Crippen LogP contribution in [0.25, 0.3) is 0 Å². The molecule has 0 aliphatic carbocycles. The predicted octanol–water partition coefficient (Wildman–Crippen LogP) is 3.37. The number of thioether (sulfide) groups is 2. The number of fused-ring (bicyclic) bond motifs is 1. The first-order valence-electron chi connectivity index (χ1n) is 9.94. The highest BCUT2D eigenvalue weighted by molar-refractivity contribution is 8.23. The number of carboxylic acids is 1. The van der Waals surface area contributed by atoms with Crippen molar-refractivity contribution in [3.05, 3.63) is 9.93 Å². The molecule has 11 heteroatoms. The van der Waals surface area contributed by atoms with Crippen molar-refractivity contribution in [3.8, 4) is 0 Å². The number of ether oxygens (including phenoxy) is 1. The number of hydrogen-bond donors (Lipinski definition) is 1. The van der Waals surface area contributed by atoms with Crippen molar-refractivity contribution < 1.29 is 28.7 Å². The lowest BCUT2D eigenvalue weighted by Crippen LogP contribution is -2.62. The second-order valence-corrected chi connectivity index (χ2v) is 16.9. The molecular formula is C19H30N2O6S2Si. The van der Waals surface area contributed by atoms with Gasteiger partial charge in [0.1, 0.15) is 12.0 Å². The minimum atomic E-state index is -2.06. The molecule has 3 aliphatic heterocycles. The molecule has 2 fully saturated rings. The van der Waals surface area contributed by atoms with Gasteiger partial charge in [0, 0.05) is 13.6 Å². The molecule has 0 spiro atoms. The van der Waals surface area contributed by atoms with Crippen LogP contribution in [0.15, 0.2) is 9.93 Å². The zero-order valence-corrected chi connectivity index (χ0v) is 21.1. The summed E-state index contributed by atoms with van der Waals surface area (Å²) >= 11 is 2.78. The van der Waals surface area contributed by atoms with Gasteiger partial charge in [0.15, 0.2) is 14.0 Å². The van der Waals surface area contributed by atoms with Crippen LogP contribution in [0.3, 0.4) is 0 Å². The molecule has 3 aliphatic rings. The Bertz CT molecular complexity index is 796. The third-order valence-electron chi connectivity index (χ3n) is 6.20. The number of carbonyl (C=O) groups is 3. The summed E-state index contributed by atoms with van der Waals surface area (Å²) in [6.07, 6.45) is -0.665. The second-order valence-electron chi connectivity index (χ2n) is 9.46. The highest BCUT2D eigenvalue weighted by atomic mass is 32.2. The maximum Gasteiger partial charge on any atom is 0.409 e. The molecule has 0 saturated carbocycles. The van der Waals surface area contributed by atoms with E-state index in [0.717, 1.165) is 0 Å². The molecule has 168 valence electrons. The Morgan fingerprint density at radius 2 is 2.00 bits per heavy atom. The molecule has 4 atom stereocenters. The van der Waals surface area contributed by atoms with E-state index in [2.05, 4.69) is 33.9 Å². The van der Waals surface area contributed by atoms with Gasteiger partial charge < -0.3 is 19.2 Å². The van der Waals surface area contributed by atoms with Crippen LogP contribution >= 0.6 is 23.5 Å². The average molecular weight is 475 g/mol. The van der Waals surface area contributed by atoms with Gasteiger partial charge in [0.2, 0.25) is 5.91 Å². The lowest BCUT2D eigenvalue weighted by molar-refractivity contribution is -0.156. The molecule has 0 bridgehead atoms. The summed E-state index contributed by atoms with van der Waals surface area (Å²) in [5, 5.41) is 9.43. The summed E-state index contributed by atoms with van der Waals surface area (Å²) in [5.74, 6) is -1.68. The van der Waals surface area contributed by atoms with Crippen LogP contribution in [0.5, 0.6) is 0 Å². The fourth-order valence-corrected chi connectivity index (χ4v) is 8.17. The van der Waals surface area contributed by atoms with E-state index in [9.17, 15) is 19.5 Å². The van der Waals surface area contributed by atoms with Crippen molar-refractivity contribution in [2.75, 3.05) is 20.2 Å². The summed E-state index contributed by atoms with van der Waals surface area (Å²) in [6.45, 7) is 13.4. The molecule has 0 aromatic rings. The molecule has 2 amide bonds. The summed E-state index contributed by atoms with van der Waals surface area (Å²) < 4.78 is 12.2. The van der Waals surface area contributed by atoms with Gasteiger partial charge in [-0.25, -0.2) is 9.59 Å². The minimum Gasteiger partial charge on any atom is -0.477 e. The van der Waals surface area contributed by atoms with E-state index in [-0.39, 0.29) is 52.0 Å². The quantitative estimate of drug-likeness (QED) is 0.462. The van der Waals surface area contributed by atoms with Gasteiger partial charge in [-0.1, -0.05) is 32.5 Å². The van der Waals surface area contributed by atoms with Crippen LogP contribution in [-0.4, -0.2) is 78.1 Å². The third kappa shape index (κ3) is 4.13. The number of nitrogens with zero attached hydrogens (tertiary/aromatic N) is 2. The van der Waals surface area contributed by atoms with Gasteiger partial charge in [-0.15, -0.1) is 11.8 Å². The monoisotopic (exact) mass is 474 g/mol. The Balaban J connectivity index is 1.73. The van der Waals surface area contributed by atoms with E-state index in [4.69, 9.17) is 9.16 Å². The Hall–Kier alpha value is -1.17. The van der Waals surface area contributed by atoms with Crippen LogP contribution in [0.4, 0.5) is 4.79 Å². The van der Waals surface area contributed by atoms with Gasteiger partial charge in [-0.05, 0) is 25.1 Å². The van der Waals surface area contributed by atoms with E-state index in [1.807, 2.05) is 6.92 Å². The smallest absolute Gasteiger partial charge is 0.409 e. The fourth-order valence-electron chi connectivity index (χ4n) is 3.46. The number of cyclic esters (lactones) is 1. The third-order valence-corrected chi connectivity index (χ3v) is 13.5. The van der Waals surface area contributed by atoms with Crippen LogP contribution in [0.1, 0.15) is 27.7 Å². The number of aliphatic carboxylic acids is 1. The number of hydrogen-bond acceptors (Lipinski definition) is 7. The Kier molecular flexibility index (Phi) is 6.32. The van der Waals surface area contributed by atoms with Crippen LogP contribution in [-0.2, 0) is 18.8 Å². The molecule has 3 rings (SSSR count). The number of carbonyl (C=O) groups excluding carboxylic acids is 2. The topological polar surface area (TPSA) is 96.4 Å². The van der Waals surface area contributed by atoms with E-state index >= 15 is 0 Å². The maximum absolute atomic E-state index is 12.9. The van der Waals surface area contributed by atoms with Crippen LogP contribution < -0.4 is 0 Å². The van der Waals surface area contributed by atoms with Crippen LogP contribution in [0.2, 0.25) is 18.1 Å². The Morgan fingerprint density at radius 3 is 2.53 bits per heavy atom. The van der Waals surface area contributed by atoms with Crippen molar-refractivity contribution in [2.45, 2.75) is 62.6 Å². The Morgan fingerprint density at radius 1 is 1.37 bits per heavy atom. The zero-order valence-electron chi connectivity index (χ0n) is 18.4. The van der Waals surface area contributed by atoms with E-state index in [1.165, 1.54) is 33.3 Å². The van der Waals surface area contributed by atoms with Gasteiger partial charge in [-0.2, -0.15) is 0 Å². The molecule has 30 heavy (non-hydrogen) atoms. The van der Waals surface area contributed by atoms with E-state index in [1.54, 1.807) is 7.05 Å². The number of amides is 2. The average Bonchev–Trinajstić information content (AvgIpc) is 2.91. The van der Waals surface area contributed by atoms with Crippen LogP contribution in [0, 0.1) is 5.92 Å². The molecule has 0 aromatic carbocycles. The summed E-state index contributed by atoms with van der Waals surface area (Å²) in [6, 6.07) is 0. The lowest BCUT2D eigenvalue weighted by atomic mass is 9.92. The summed E-state index contributed by atoms with van der Waals surface area (Å²) in [5.41, 5.74) is 0.0373. The molecule has 2 saturated heterocycles. The number of rotatable bonds is 6. The molecule has 1 N–H and O–H groups in total. The lowest BCUT2D eigenvalue weighted by Gasteiger charge is -2.48. The SMILES string of the molecule is C[C@@H](O[Si](C)(C)C(C)(C)C)[C@H]1C(=O)N2C(C(=O)O)=C(SC3COC(=O)N(C)C3)S[C@H]12. The first kappa shape index (κ1) is 23.5. The highest BCUT2D eigenvalue weighted by Gasteiger charge is 2.59. The van der Waals surface area contributed by atoms with Gasteiger partial charge in [-0.3, -0.25) is 9.69 Å². The first-order valence-corrected chi connectivity index (χ1v) is 14.6. The molecule has 0 aromatic heterocycles. The van der Waals surface area contributed by atoms with E-state index < -0.39 is 14.3 Å². The first-order chi connectivity index (χ1) is 13.7. The van der Waals surface area contributed by atoms with Crippen molar-refractivity contribution in [2.24, 2.45) is 5.92 Å². The minimum absolute atomic E-state index is 0.0203. The van der Waals surface area contributed by atoms with Crippen molar-refractivity contribution in [3.63, 3.8) is 0 Å². The summed E-state index contributed by atoms with van der Waals surface area (Å²) in [4.78, 5) is 39.3. The molecule has 0 radical (unpaired) electrons. The van der Waals surface area contributed by atoms with Crippen molar-refractivity contribution in [1.82, 2.24) is 9.80 Å². The van der Waals surface area contributed by atoms with Crippen molar-refractivity contribution in [1.29, 1.82) is 0 Å². The highest BCUT2D eigenvalue weighted by Crippen LogP contribution is 2.55. The van der Waals surface area contributed by atoms with E-state index in [0.29, 0.717) is 10.8 Å². The Labute approximate surface area is 186 Å². The zero-order chi connectivity index (χ0) is 22.6. The molecule has 8 nitrogen and oxygen atoms in total. The molecule has 1 unspecified atom stereocenters. The largest absolute Gasteiger partial charge is 0.477 e.